The van der Waals surface area contributed by atoms with Gasteiger partial charge in [-0.15, -0.1) is 0 Å². The molecule has 0 unspecified atom stereocenters. The van der Waals surface area contributed by atoms with Gasteiger partial charge in [-0.05, 0) is 25.5 Å². The van der Waals surface area contributed by atoms with Crippen LogP contribution in [0.25, 0.3) is 0 Å². The van der Waals surface area contributed by atoms with Crippen molar-refractivity contribution in [2.45, 2.75) is 57.9 Å². The molecule has 122 valence electrons. The van der Waals surface area contributed by atoms with Gasteiger partial charge in [0, 0.05) is 31.5 Å². The van der Waals surface area contributed by atoms with Crippen molar-refractivity contribution in [1.29, 1.82) is 0 Å². The average Bonchev–Trinajstić information content (AvgIpc) is 2.94. The molecule has 0 aliphatic rings. The highest BCUT2D eigenvalue weighted by molar-refractivity contribution is 7.89. The van der Waals surface area contributed by atoms with Crippen molar-refractivity contribution in [2.75, 3.05) is 19.6 Å². The van der Waals surface area contributed by atoms with Crippen LogP contribution in [0, 0.1) is 0 Å². The molecule has 6 heteroatoms. The highest BCUT2D eigenvalue weighted by Crippen LogP contribution is 2.18. The summed E-state index contributed by atoms with van der Waals surface area (Å²) in [4.78, 5) is 3.42. The standard InChI is InChI=1S/C15H29N3O2S/c1-4-7-9-18(10-8-5-2)21(19,20)15-11-14(17-13-15)12-16-6-3/h11,13,16-17H,4-10,12H2,1-3H3. The Morgan fingerprint density at radius 2 is 1.76 bits per heavy atom. The molecule has 5 nitrogen and oxygen atoms in total. The number of nitrogens with one attached hydrogen (secondary N) is 2. The van der Waals surface area contributed by atoms with Gasteiger partial charge in [0.25, 0.3) is 0 Å². The van der Waals surface area contributed by atoms with Crippen molar-refractivity contribution < 1.29 is 8.42 Å². The van der Waals surface area contributed by atoms with Crippen molar-refractivity contribution >= 4 is 10.0 Å². The molecule has 1 aromatic heterocycles. The van der Waals surface area contributed by atoms with Crippen LogP contribution < -0.4 is 5.32 Å². The summed E-state index contributed by atoms with van der Waals surface area (Å²) in [6.07, 6.45) is 5.40. The first-order chi connectivity index (χ1) is 10.1. The molecular weight excluding hydrogens is 286 g/mol. The summed E-state index contributed by atoms with van der Waals surface area (Å²) in [5, 5.41) is 3.19. The molecule has 0 aliphatic heterocycles. The molecule has 2 N–H and O–H groups in total. The van der Waals surface area contributed by atoms with Crippen LogP contribution in [-0.2, 0) is 16.6 Å². The zero-order chi connectivity index (χ0) is 15.7. The summed E-state index contributed by atoms with van der Waals surface area (Å²) in [7, 11) is -3.38. The van der Waals surface area contributed by atoms with Gasteiger partial charge in [0.1, 0.15) is 0 Å². The van der Waals surface area contributed by atoms with E-state index >= 15 is 0 Å². The molecule has 0 saturated heterocycles. The van der Waals surface area contributed by atoms with Crippen LogP contribution in [0.15, 0.2) is 17.2 Å². The van der Waals surface area contributed by atoms with Gasteiger partial charge in [0.2, 0.25) is 10.0 Å². The molecule has 0 spiro atoms. The van der Waals surface area contributed by atoms with Crippen molar-refractivity contribution in [1.82, 2.24) is 14.6 Å². The molecule has 0 bridgehead atoms. The highest BCUT2D eigenvalue weighted by atomic mass is 32.2. The molecule has 1 aromatic rings. The molecule has 0 aliphatic carbocycles. The molecule has 0 aromatic carbocycles. The average molecular weight is 315 g/mol. The molecule has 0 saturated carbocycles. The van der Waals surface area contributed by atoms with Gasteiger partial charge in [-0.25, -0.2) is 8.42 Å². The van der Waals surface area contributed by atoms with Crippen molar-refractivity contribution in [3.8, 4) is 0 Å². The Labute approximate surface area is 129 Å². The first-order valence-corrected chi connectivity index (χ1v) is 9.38. The molecule has 0 amide bonds. The molecule has 21 heavy (non-hydrogen) atoms. The number of unbranched alkanes of at least 4 members (excludes halogenated alkanes) is 2. The summed E-state index contributed by atoms with van der Waals surface area (Å²) >= 11 is 0. The number of hydrogen-bond donors (Lipinski definition) is 2. The van der Waals surface area contributed by atoms with E-state index in [0.29, 0.717) is 24.5 Å². The Hall–Kier alpha value is -0.850. The Morgan fingerprint density at radius 3 is 2.29 bits per heavy atom. The lowest BCUT2D eigenvalue weighted by molar-refractivity contribution is 0.395. The van der Waals surface area contributed by atoms with Gasteiger partial charge in [-0.2, -0.15) is 4.31 Å². The second kappa shape index (κ2) is 9.23. The monoisotopic (exact) mass is 315 g/mol. The van der Waals surface area contributed by atoms with E-state index in [2.05, 4.69) is 24.1 Å². The lowest BCUT2D eigenvalue weighted by atomic mass is 10.3. The van der Waals surface area contributed by atoms with Crippen LogP contribution >= 0.6 is 0 Å². The van der Waals surface area contributed by atoms with Crippen molar-refractivity contribution in [3.63, 3.8) is 0 Å². The third-order valence-electron chi connectivity index (χ3n) is 3.44. The van der Waals surface area contributed by atoms with Crippen LogP contribution in [0.4, 0.5) is 0 Å². The number of hydrogen-bond acceptors (Lipinski definition) is 3. The highest BCUT2D eigenvalue weighted by Gasteiger charge is 2.24. The van der Waals surface area contributed by atoms with E-state index in [4.69, 9.17) is 0 Å². The Morgan fingerprint density at radius 1 is 1.14 bits per heavy atom. The molecule has 0 radical (unpaired) electrons. The van der Waals surface area contributed by atoms with Gasteiger partial charge in [-0.3, -0.25) is 0 Å². The number of sulfonamides is 1. The van der Waals surface area contributed by atoms with Gasteiger partial charge in [0.15, 0.2) is 0 Å². The minimum atomic E-state index is -3.38. The Kier molecular flexibility index (Phi) is 8.00. The van der Waals surface area contributed by atoms with E-state index in [9.17, 15) is 8.42 Å². The predicted octanol–water partition coefficient (Wildman–Crippen LogP) is 2.72. The summed E-state index contributed by atoms with van der Waals surface area (Å²) in [5.41, 5.74) is 0.904. The number of nitrogens with zero attached hydrogens (tertiary/aromatic N) is 1. The summed E-state index contributed by atoms with van der Waals surface area (Å²) in [6.45, 7) is 8.91. The normalized spacial score (nSPS) is 12.2. The second-order valence-corrected chi connectivity index (χ2v) is 7.19. The fraction of sp³-hybridized carbons (Fsp3) is 0.733. The van der Waals surface area contributed by atoms with E-state index in [0.717, 1.165) is 37.9 Å². The van der Waals surface area contributed by atoms with E-state index in [-0.39, 0.29) is 0 Å². The third-order valence-corrected chi connectivity index (χ3v) is 5.32. The molecule has 0 atom stereocenters. The zero-order valence-electron chi connectivity index (χ0n) is 13.5. The molecule has 1 rings (SSSR count). The van der Waals surface area contributed by atoms with E-state index in [1.54, 1.807) is 16.6 Å². The van der Waals surface area contributed by atoms with Crippen molar-refractivity contribution in [2.24, 2.45) is 0 Å². The quantitative estimate of drug-likeness (QED) is 0.660. The van der Waals surface area contributed by atoms with Crippen LogP contribution in [0.2, 0.25) is 0 Å². The maximum atomic E-state index is 12.7. The molecular formula is C15H29N3O2S. The summed E-state index contributed by atoms with van der Waals surface area (Å²) < 4.78 is 27.1. The van der Waals surface area contributed by atoms with Gasteiger partial charge < -0.3 is 10.3 Å². The predicted molar refractivity (Wildman–Crippen MR) is 86.7 cm³/mol. The summed E-state index contributed by atoms with van der Waals surface area (Å²) in [6, 6.07) is 1.74. The third kappa shape index (κ3) is 5.45. The Bertz CT molecular complexity index is 489. The summed E-state index contributed by atoms with van der Waals surface area (Å²) in [5.74, 6) is 0. The van der Waals surface area contributed by atoms with Gasteiger partial charge >= 0.3 is 0 Å². The van der Waals surface area contributed by atoms with Gasteiger partial charge in [-0.1, -0.05) is 33.6 Å². The number of H-pyrrole nitrogens is 1. The molecule has 0 fully saturated rings. The fourth-order valence-electron chi connectivity index (χ4n) is 2.10. The fourth-order valence-corrected chi connectivity index (χ4v) is 3.64. The number of rotatable bonds is 11. The lowest BCUT2D eigenvalue weighted by Crippen LogP contribution is -2.32. The maximum Gasteiger partial charge on any atom is 0.244 e. The van der Waals surface area contributed by atoms with Crippen LogP contribution in [-0.4, -0.2) is 37.3 Å². The zero-order valence-corrected chi connectivity index (χ0v) is 14.3. The topological polar surface area (TPSA) is 65.2 Å². The number of aromatic amines is 1. The van der Waals surface area contributed by atoms with Crippen LogP contribution in [0.3, 0.4) is 0 Å². The maximum absolute atomic E-state index is 12.7. The number of aromatic nitrogens is 1. The van der Waals surface area contributed by atoms with Crippen LogP contribution in [0.5, 0.6) is 0 Å². The first kappa shape index (κ1) is 18.2. The van der Waals surface area contributed by atoms with E-state index in [1.165, 1.54) is 0 Å². The van der Waals surface area contributed by atoms with E-state index < -0.39 is 10.0 Å². The minimum absolute atomic E-state index is 0.377. The molecule has 1 heterocycles. The SMILES string of the molecule is CCCCN(CCCC)S(=O)(=O)c1c[nH]c(CNCC)c1. The first-order valence-electron chi connectivity index (χ1n) is 7.94. The lowest BCUT2D eigenvalue weighted by Gasteiger charge is -2.21. The van der Waals surface area contributed by atoms with Crippen molar-refractivity contribution in [3.05, 3.63) is 18.0 Å². The smallest absolute Gasteiger partial charge is 0.244 e. The van der Waals surface area contributed by atoms with E-state index in [1.807, 2.05) is 6.92 Å². The van der Waals surface area contributed by atoms with Gasteiger partial charge in [0.05, 0.1) is 4.90 Å². The largest absolute Gasteiger partial charge is 0.363 e. The minimum Gasteiger partial charge on any atom is -0.363 e. The second-order valence-electron chi connectivity index (χ2n) is 5.25. The Balaban J connectivity index is 2.85. The van der Waals surface area contributed by atoms with Crippen LogP contribution in [0.1, 0.15) is 52.1 Å².